The Morgan fingerprint density at radius 1 is 1.03 bits per heavy atom. The van der Waals surface area contributed by atoms with Crippen molar-refractivity contribution in [2.24, 2.45) is 0 Å². The Balaban J connectivity index is 0.00000204. The third kappa shape index (κ3) is 3.90. The molecule has 2 aliphatic heterocycles. The van der Waals surface area contributed by atoms with Gasteiger partial charge in [0.2, 0.25) is 0 Å². The maximum atomic E-state index is 12.4. The van der Waals surface area contributed by atoms with E-state index in [0.29, 0.717) is 28.9 Å². The van der Waals surface area contributed by atoms with Crippen LogP contribution in [0.5, 0.6) is 0 Å². The van der Waals surface area contributed by atoms with Gasteiger partial charge in [0.25, 0.3) is 11.4 Å². The maximum absolute atomic E-state index is 12.4. The van der Waals surface area contributed by atoms with Gasteiger partial charge in [0.15, 0.2) is 5.82 Å². The minimum atomic E-state index is -0.120. The second kappa shape index (κ2) is 8.37. The number of piperidine rings is 2. The lowest BCUT2D eigenvalue weighted by Gasteiger charge is -2.30. The standard InChI is InChI=1S/C21H27N7O2.ClH/c29-18-11-17(13-3-7-22-8-4-13)28-20(24-18)16(12-23-28)21-25-19(26-30-21)14-5-9-27(10-6-14)15-1-2-15;/h11-15,22H,1-10H2,(H,24,29);1H. The highest BCUT2D eigenvalue weighted by Crippen LogP contribution is 2.34. The van der Waals surface area contributed by atoms with Crippen molar-refractivity contribution in [3.8, 4) is 11.5 Å². The molecule has 2 saturated heterocycles. The summed E-state index contributed by atoms with van der Waals surface area (Å²) in [6, 6.07) is 2.49. The second-order valence-electron chi connectivity index (χ2n) is 8.90. The fourth-order valence-corrected chi connectivity index (χ4v) is 5.05. The largest absolute Gasteiger partial charge is 0.334 e. The highest BCUT2D eigenvalue weighted by molar-refractivity contribution is 5.85. The van der Waals surface area contributed by atoms with Crippen LogP contribution in [0.3, 0.4) is 0 Å². The molecule has 1 aliphatic carbocycles. The van der Waals surface area contributed by atoms with Crippen molar-refractivity contribution in [2.75, 3.05) is 26.2 Å². The molecule has 5 heterocycles. The number of hydrogen-bond donors (Lipinski definition) is 2. The van der Waals surface area contributed by atoms with E-state index >= 15 is 0 Å². The molecule has 10 heteroatoms. The predicted molar refractivity (Wildman–Crippen MR) is 118 cm³/mol. The van der Waals surface area contributed by atoms with E-state index in [-0.39, 0.29) is 18.0 Å². The summed E-state index contributed by atoms with van der Waals surface area (Å²) in [5.41, 5.74) is 2.16. The summed E-state index contributed by atoms with van der Waals surface area (Å²) in [4.78, 5) is 22.6. The third-order valence-electron chi connectivity index (χ3n) is 6.92. The van der Waals surface area contributed by atoms with Crippen molar-refractivity contribution in [3.05, 3.63) is 34.1 Å². The quantitative estimate of drug-likeness (QED) is 0.634. The first-order valence-corrected chi connectivity index (χ1v) is 11.2. The molecular formula is C21H28ClN7O2. The van der Waals surface area contributed by atoms with E-state index in [1.54, 1.807) is 12.3 Å². The van der Waals surface area contributed by atoms with Crippen LogP contribution in [0, 0.1) is 0 Å². The fourth-order valence-electron chi connectivity index (χ4n) is 5.05. The van der Waals surface area contributed by atoms with Gasteiger partial charge in [-0.1, -0.05) is 5.16 Å². The monoisotopic (exact) mass is 445 g/mol. The Labute approximate surface area is 186 Å². The first kappa shape index (κ1) is 20.7. The topological polar surface area (TPSA) is 104 Å². The molecule has 0 spiro atoms. The van der Waals surface area contributed by atoms with E-state index in [0.717, 1.165) is 69.4 Å². The molecule has 3 fully saturated rings. The summed E-state index contributed by atoms with van der Waals surface area (Å²) in [5.74, 6) is 1.86. The number of halogens is 1. The van der Waals surface area contributed by atoms with Gasteiger partial charge in [-0.2, -0.15) is 10.1 Å². The minimum absolute atomic E-state index is 0. The number of hydrogen-bond acceptors (Lipinski definition) is 7. The van der Waals surface area contributed by atoms with Gasteiger partial charge in [-0.05, 0) is 64.7 Å². The van der Waals surface area contributed by atoms with Crippen molar-refractivity contribution in [2.45, 2.75) is 56.4 Å². The number of likely N-dealkylation sites (tertiary alicyclic amines) is 1. The smallest absolute Gasteiger partial charge is 0.263 e. The van der Waals surface area contributed by atoms with Crippen LogP contribution in [0.15, 0.2) is 21.6 Å². The normalized spacial score (nSPS) is 21.4. The molecule has 0 amide bonds. The third-order valence-corrected chi connectivity index (χ3v) is 6.92. The Hall–Kier alpha value is -2.23. The van der Waals surface area contributed by atoms with E-state index in [1.807, 2.05) is 4.52 Å². The highest BCUT2D eigenvalue weighted by Gasteiger charge is 2.33. The zero-order chi connectivity index (χ0) is 20.1. The van der Waals surface area contributed by atoms with Gasteiger partial charge >= 0.3 is 0 Å². The zero-order valence-electron chi connectivity index (χ0n) is 17.4. The Morgan fingerprint density at radius 2 is 1.81 bits per heavy atom. The Bertz CT molecular complexity index is 1100. The summed E-state index contributed by atoms with van der Waals surface area (Å²) >= 11 is 0. The highest BCUT2D eigenvalue weighted by atomic mass is 35.5. The molecule has 1 saturated carbocycles. The number of nitrogens with one attached hydrogen (secondary N) is 2. The van der Waals surface area contributed by atoms with E-state index in [9.17, 15) is 4.79 Å². The Morgan fingerprint density at radius 3 is 2.55 bits per heavy atom. The van der Waals surface area contributed by atoms with Crippen LogP contribution in [0.2, 0.25) is 0 Å². The molecule has 2 N–H and O–H groups in total. The number of aromatic nitrogens is 5. The van der Waals surface area contributed by atoms with Gasteiger partial charge in [0.1, 0.15) is 11.2 Å². The maximum Gasteiger partial charge on any atom is 0.263 e. The Kier molecular flexibility index (Phi) is 5.58. The number of aromatic amines is 1. The lowest BCUT2D eigenvalue weighted by Crippen LogP contribution is -2.34. The second-order valence-corrected chi connectivity index (χ2v) is 8.90. The zero-order valence-corrected chi connectivity index (χ0v) is 18.2. The average molecular weight is 446 g/mol. The van der Waals surface area contributed by atoms with Crippen molar-refractivity contribution in [1.29, 1.82) is 0 Å². The molecule has 31 heavy (non-hydrogen) atoms. The molecule has 3 aliphatic rings. The fraction of sp³-hybridized carbons (Fsp3) is 0.619. The van der Waals surface area contributed by atoms with Crippen LogP contribution in [-0.2, 0) is 0 Å². The first-order chi connectivity index (χ1) is 14.8. The van der Waals surface area contributed by atoms with Gasteiger partial charge in [0.05, 0.1) is 11.9 Å². The van der Waals surface area contributed by atoms with Gasteiger partial charge in [0, 0.05) is 23.9 Å². The summed E-state index contributed by atoms with van der Waals surface area (Å²) in [5, 5.41) is 12.2. The lowest BCUT2D eigenvalue weighted by molar-refractivity contribution is 0.199. The van der Waals surface area contributed by atoms with Crippen LogP contribution in [-0.4, -0.2) is 61.9 Å². The van der Waals surface area contributed by atoms with Crippen molar-refractivity contribution in [3.63, 3.8) is 0 Å². The summed E-state index contributed by atoms with van der Waals surface area (Å²) < 4.78 is 7.46. The van der Waals surface area contributed by atoms with Crippen molar-refractivity contribution < 1.29 is 4.52 Å². The SMILES string of the molecule is Cl.O=c1cc(C2CCNCC2)n2ncc(-c3nc(C4CCN(C5CC5)CC4)no3)c2[nH]1. The molecular weight excluding hydrogens is 418 g/mol. The van der Waals surface area contributed by atoms with E-state index in [4.69, 9.17) is 9.51 Å². The number of rotatable bonds is 4. The van der Waals surface area contributed by atoms with Crippen LogP contribution in [0.1, 0.15) is 61.9 Å². The molecule has 0 atom stereocenters. The molecule has 166 valence electrons. The van der Waals surface area contributed by atoms with E-state index in [2.05, 4.69) is 25.5 Å². The van der Waals surface area contributed by atoms with Gasteiger partial charge in [-0.3, -0.25) is 4.79 Å². The van der Waals surface area contributed by atoms with Crippen LogP contribution in [0.4, 0.5) is 0 Å². The minimum Gasteiger partial charge on any atom is -0.334 e. The van der Waals surface area contributed by atoms with Crippen LogP contribution < -0.4 is 10.9 Å². The van der Waals surface area contributed by atoms with Gasteiger partial charge in [-0.15, -0.1) is 12.4 Å². The van der Waals surface area contributed by atoms with Gasteiger partial charge in [-0.25, -0.2) is 4.52 Å². The summed E-state index contributed by atoms with van der Waals surface area (Å²) in [6.07, 6.45) is 8.56. The van der Waals surface area contributed by atoms with E-state index in [1.165, 1.54) is 12.8 Å². The number of fused-ring (bicyclic) bond motifs is 1. The molecule has 3 aromatic rings. The molecule has 0 aromatic carbocycles. The molecule has 0 bridgehead atoms. The van der Waals surface area contributed by atoms with Gasteiger partial charge < -0.3 is 19.7 Å². The van der Waals surface area contributed by atoms with Crippen LogP contribution >= 0.6 is 12.4 Å². The predicted octanol–water partition coefficient (Wildman–Crippen LogP) is 2.30. The van der Waals surface area contributed by atoms with Crippen LogP contribution in [0.25, 0.3) is 17.1 Å². The molecule has 9 nitrogen and oxygen atoms in total. The van der Waals surface area contributed by atoms with Crippen molar-refractivity contribution >= 4 is 18.1 Å². The summed E-state index contributed by atoms with van der Waals surface area (Å²) in [6.45, 7) is 4.14. The lowest BCUT2D eigenvalue weighted by atomic mass is 9.94. The molecule has 3 aromatic heterocycles. The number of H-pyrrole nitrogens is 1. The number of nitrogens with zero attached hydrogens (tertiary/aromatic N) is 5. The molecule has 0 radical (unpaired) electrons. The summed E-state index contributed by atoms with van der Waals surface area (Å²) in [7, 11) is 0. The van der Waals surface area contributed by atoms with E-state index < -0.39 is 0 Å². The molecule has 6 rings (SSSR count). The molecule has 0 unspecified atom stereocenters. The van der Waals surface area contributed by atoms with Crippen molar-refractivity contribution in [1.82, 2.24) is 35.0 Å². The first-order valence-electron chi connectivity index (χ1n) is 11.2. The average Bonchev–Trinajstić information content (AvgIpc) is 3.37.